The number of carbonyl (C=O) groups is 2. The van der Waals surface area contributed by atoms with E-state index < -0.39 is 29.5 Å². The lowest BCUT2D eigenvalue weighted by Gasteiger charge is -2.16. The van der Waals surface area contributed by atoms with E-state index in [-0.39, 0.29) is 12.0 Å². The minimum Gasteiger partial charge on any atom is -0.368 e. The van der Waals surface area contributed by atoms with Crippen molar-refractivity contribution in [2.24, 2.45) is 5.73 Å². The molecular weight excluding hydrogens is 326 g/mol. The molecule has 3 N–H and O–H groups in total. The average Bonchev–Trinajstić information content (AvgIpc) is 2.45. The first-order valence-electron chi connectivity index (χ1n) is 6.66. The zero-order chi connectivity index (χ0) is 17.0. The highest BCUT2D eigenvalue weighted by Gasteiger charge is 2.20. The molecule has 120 valence electrons. The van der Waals surface area contributed by atoms with Crippen molar-refractivity contribution in [3.05, 3.63) is 70.2 Å². The van der Waals surface area contributed by atoms with Gasteiger partial charge in [-0.1, -0.05) is 23.7 Å². The molecule has 0 aliphatic heterocycles. The number of benzene rings is 2. The van der Waals surface area contributed by atoms with Crippen molar-refractivity contribution < 1.29 is 18.4 Å². The summed E-state index contributed by atoms with van der Waals surface area (Å²) in [6.45, 7) is 0. The van der Waals surface area contributed by atoms with Crippen molar-refractivity contribution in [2.45, 2.75) is 12.5 Å². The Bertz CT molecular complexity index is 732. The third kappa shape index (κ3) is 4.75. The number of nitrogens with two attached hydrogens (primary N) is 1. The molecule has 1 atom stereocenters. The summed E-state index contributed by atoms with van der Waals surface area (Å²) >= 11 is 5.86. The second kappa shape index (κ2) is 7.19. The lowest BCUT2D eigenvalue weighted by Crippen LogP contribution is -2.45. The second-order valence-electron chi connectivity index (χ2n) is 4.92. The fourth-order valence-corrected chi connectivity index (χ4v) is 2.26. The topological polar surface area (TPSA) is 72.2 Å². The maximum atomic E-state index is 13.1. The maximum Gasteiger partial charge on any atom is 0.252 e. The van der Waals surface area contributed by atoms with E-state index in [9.17, 15) is 18.4 Å². The van der Waals surface area contributed by atoms with Gasteiger partial charge in [-0.3, -0.25) is 9.59 Å². The zero-order valence-electron chi connectivity index (χ0n) is 11.9. The molecular formula is C16H13ClF2N2O2. The normalized spacial score (nSPS) is 11.8. The minimum atomic E-state index is -1.03. The average molecular weight is 339 g/mol. The Morgan fingerprint density at radius 3 is 2.35 bits per heavy atom. The number of rotatable bonds is 5. The Kier molecular flexibility index (Phi) is 5.28. The van der Waals surface area contributed by atoms with Crippen LogP contribution in [0, 0.1) is 11.6 Å². The van der Waals surface area contributed by atoms with Gasteiger partial charge in [-0.25, -0.2) is 8.78 Å². The summed E-state index contributed by atoms with van der Waals surface area (Å²) in [5.74, 6) is -3.34. The maximum absolute atomic E-state index is 13.1. The lowest BCUT2D eigenvalue weighted by atomic mass is 10.0. The van der Waals surface area contributed by atoms with Gasteiger partial charge in [0.05, 0.1) is 0 Å². The van der Waals surface area contributed by atoms with Crippen LogP contribution in [0.25, 0.3) is 0 Å². The molecule has 2 aromatic carbocycles. The Morgan fingerprint density at radius 2 is 1.78 bits per heavy atom. The highest BCUT2D eigenvalue weighted by atomic mass is 35.5. The van der Waals surface area contributed by atoms with Crippen molar-refractivity contribution in [3.63, 3.8) is 0 Å². The first-order valence-corrected chi connectivity index (χ1v) is 7.03. The predicted molar refractivity (Wildman–Crippen MR) is 82.0 cm³/mol. The second-order valence-corrected chi connectivity index (χ2v) is 5.36. The Hall–Kier alpha value is -2.47. The predicted octanol–water partition coefficient (Wildman–Crippen LogP) is 2.44. The Labute approximate surface area is 136 Å². The van der Waals surface area contributed by atoms with E-state index in [1.165, 1.54) is 0 Å². The van der Waals surface area contributed by atoms with Gasteiger partial charge in [0, 0.05) is 23.1 Å². The van der Waals surface area contributed by atoms with Crippen LogP contribution in [-0.2, 0) is 11.2 Å². The number of primary amides is 1. The molecule has 0 unspecified atom stereocenters. The van der Waals surface area contributed by atoms with Crippen LogP contribution in [0.1, 0.15) is 15.9 Å². The standard InChI is InChI=1S/C16H13ClF2N2O2/c17-11-3-1-2-9(4-11)5-14(15(20)22)21-16(23)10-6-12(18)8-13(19)7-10/h1-4,6-8,14H,5H2,(H2,20,22)(H,21,23)/t14-/m0/s1. The lowest BCUT2D eigenvalue weighted by molar-refractivity contribution is -0.119. The van der Waals surface area contributed by atoms with Gasteiger partial charge in [-0.2, -0.15) is 0 Å². The monoisotopic (exact) mass is 338 g/mol. The number of hydrogen-bond acceptors (Lipinski definition) is 2. The van der Waals surface area contributed by atoms with Gasteiger partial charge in [0.1, 0.15) is 17.7 Å². The highest BCUT2D eigenvalue weighted by molar-refractivity contribution is 6.30. The zero-order valence-corrected chi connectivity index (χ0v) is 12.6. The fraction of sp³-hybridized carbons (Fsp3) is 0.125. The van der Waals surface area contributed by atoms with E-state index in [1.807, 2.05) is 0 Å². The summed E-state index contributed by atoms with van der Waals surface area (Å²) in [5.41, 5.74) is 5.72. The molecule has 0 bridgehead atoms. The van der Waals surface area contributed by atoms with Gasteiger partial charge >= 0.3 is 0 Å². The molecule has 2 rings (SSSR count). The van der Waals surface area contributed by atoms with Crippen molar-refractivity contribution in [1.82, 2.24) is 5.32 Å². The molecule has 0 spiro atoms. The molecule has 2 amide bonds. The third-order valence-electron chi connectivity index (χ3n) is 3.10. The number of halogens is 3. The van der Waals surface area contributed by atoms with E-state index in [0.717, 1.165) is 12.1 Å². The van der Waals surface area contributed by atoms with Gasteiger partial charge in [0.15, 0.2) is 0 Å². The van der Waals surface area contributed by atoms with E-state index in [4.69, 9.17) is 17.3 Å². The number of hydrogen-bond donors (Lipinski definition) is 2. The first kappa shape index (κ1) is 16.9. The Balaban J connectivity index is 2.15. The molecule has 7 heteroatoms. The van der Waals surface area contributed by atoms with Crippen molar-refractivity contribution in [2.75, 3.05) is 0 Å². The van der Waals surface area contributed by atoms with Crippen LogP contribution in [0.15, 0.2) is 42.5 Å². The van der Waals surface area contributed by atoms with Crippen LogP contribution < -0.4 is 11.1 Å². The van der Waals surface area contributed by atoms with Crippen molar-refractivity contribution >= 4 is 23.4 Å². The number of amides is 2. The van der Waals surface area contributed by atoms with E-state index in [1.54, 1.807) is 24.3 Å². The summed E-state index contributed by atoms with van der Waals surface area (Å²) < 4.78 is 26.3. The van der Waals surface area contributed by atoms with Crippen LogP contribution in [0.4, 0.5) is 8.78 Å². The van der Waals surface area contributed by atoms with Crippen LogP contribution in [0.5, 0.6) is 0 Å². The largest absolute Gasteiger partial charge is 0.368 e. The minimum absolute atomic E-state index is 0.111. The molecule has 0 saturated carbocycles. The van der Waals surface area contributed by atoms with Gasteiger partial charge in [0.2, 0.25) is 5.91 Å². The van der Waals surface area contributed by atoms with Crippen molar-refractivity contribution in [1.29, 1.82) is 0 Å². The van der Waals surface area contributed by atoms with Gasteiger partial charge < -0.3 is 11.1 Å². The fourth-order valence-electron chi connectivity index (χ4n) is 2.05. The smallest absolute Gasteiger partial charge is 0.252 e. The van der Waals surface area contributed by atoms with Crippen molar-refractivity contribution in [3.8, 4) is 0 Å². The van der Waals surface area contributed by atoms with E-state index in [0.29, 0.717) is 16.7 Å². The van der Waals surface area contributed by atoms with E-state index >= 15 is 0 Å². The molecule has 23 heavy (non-hydrogen) atoms. The molecule has 0 aromatic heterocycles. The SMILES string of the molecule is NC(=O)[C@H](Cc1cccc(Cl)c1)NC(=O)c1cc(F)cc(F)c1. The third-order valence-corrected chi connectivity index (χ3v) is 3.34. The molecule has 0 aliphatic rings. The molecule has 0 fully saturated rings. The van der Waals surface area contributed by atoms with E-state index in [2.05, 4.69) is 5.32 Å². The van der Waals surface area contributed by atoms with Crippen LogP contribution >= 0.6 is 11.6 Å². The summed E-state index contributed by atoms with van der Waals surface area (Å²) in [6, 6.07) is 8.06. The first-order chi connectivity index (χ1) is 10.8. The molecule has 2 aromatic rings. The number of carbonyl (C=O) groups excluding carboxylic acids is 2. The molecule has 0 radical (unpaired) electrons. The molecule has 0 heterocycles. The van der Waals surface area contributed by atoms with Gasteiger partial charge in [0.25, 0.3) is 5.91 Å². The highest BCUT2D eigenvalue weighted by Crippen LogP contribution is 2.13. The van der Waals surface area contributed by atoms with Gasteiger partial charge in [-0.05, 0) is 29.8 Å². The van der Waals surface area contributed by atoms with Crippen LogP contribution in [0.2, 0.25) is 5.02 Å². The number of nitrogens with one attached hydrogen (secondary N) is 1. The summed E-state index contributed by atoms with van der Waals surface area (Å²) in [4.78, 5) is 23.6. The summed E-state index contributed by atoms with van der Waals surface area (Å²) in [5, 5.41) is 2.84. The molecule has 0 aliphatic carbocycles. The van der Waals surface area contributed by atoms with Crippen LogP contribution in [-0.4, -0.2) is 17.9 Å². The quantitative estimate of drug-likeness (QED) is 0.879. The summed E-state index contributed by atoms with van der Waals surface area (Å²) in [6.07, 6.45) is 0.111. The molecule has 0 saturated heterocycles. The summed E-state index contributed by atoms with van der Waals surface area (Å²) in [7, 11) is 0. The van der Waals surface area contributed by atoms with Crippen LogP contribution in [0.3, 0.4) is 0 Å². The molecule has 4 nitrogen and oxygen atoms in total. The Morgan fingerprint density at radius 1 is 1.13 bits per heavy atom. The van der Waals surface area contributed by atoms with Gasteiger partial charge in [-0.15, -0.1) is 0 Å².